The first kappa shape index (κ1) is 23.5. The van der Waals surface area contributed by atoms with Crippen LogP contribution in [0.2, 0.25) is 0 Å². The van der Waals surface area contributed by atoms with Crippen molar-refractivity contribution in [3.8, 4) is 5.75 Å². The van der Waals surface area contributed by atoms with E-state index < -0.39 is 35.9 Å². The maximum absolute atomic E-state index is 13.0. The third-order valence-corrected chi connectivity index (χ3v) is 5.94. The molecule has 2 aliphatic heterocycles. The number of rotatable bonds is 8. The lowest BCUT2D eigenvalue weighted by atomic mass is 10.0. The molecule has 174 valence electrons. The Labute approximate surface area is 186 Å². The molecule has 2 saturated heterocycles. The molecule has 0 spiro atoms. The molecular formula is C22H30N4O6. The number of nitrogens with one attached hydrogen (secondary N) is 3. The average molecular weight is 447 g/mol. The Bertz CT molecular complexity index is 852. The van der Waals surface area contributed by atoms with Crippen LogP contribution in [0, 0.1) is 0 Å². The second-order valence-electron chi connectivity index (χ2n) is 8.34. The minimum absolute atomic E-state index is 0.0896. The molecular weight excluding hydrogens is 416 g/mol. The van der Waals surface area contributed by atoms with Crippen molar-refractivity contribution in [2.75, 3.05) is 13.1 Å². The molecule has 4 unspecified atom stereocenters. The zero-order valence-electron chi connectivity index (χ0n) is 18.0. The normalized spacial score (nSPS) is 22.2. The number of carbonyl (C=O) groups is 4. The molecule has 3 rings (SSSR count). The van der Waals surface area contributed by atoms with E-state index >= 15 is 0 Å². The average Bonchev–Trinajstić information content (AvgIpc) is 3.46. The van der Waals surface area contributed by atoms with Gasteiger partial charge in [0.15, 0.2) is 0 Å². The number of phenolic OH excluding ortho intramolecular Hbond substituents is 1. The summed E-state index contributed by atoms with van der Waals surface area (Å²) in [4.78, 5) is 51.1. The Morgan fingerprint density at radius 1 is 1.12 bits per heavy atom. The number of hydrogen-bond donors (Lipinski definition) is 5. The minimum atomic E-state index is -1.06. The number of carboxylic acid groups (broad SMARTS) is 1. The smallest absolute Gasteiger partial charge is 0.326 e. The fourth-order valence-electron chi connectivity index (χ4n) is 4.17. The number of benzene rings is 1. The number of carboxylic acids is 1. The van der Waals surface area contributed by atoms with E-state index in [4.69, 9.17) is 0 Å². The quantitative estimate of drug-likeness (QED) is 0.370. The highest BCUT2D eigenvalue weighted by Gasteiger charge is 2.37. The Hall–Kier alpha value is -3.14. The van der Waals surface area contributed by atoms with Crippen molar-refractivity contribution < 1.29 is 29.4 Å². The number of aliphatic carboxylic acids is 1. The lowest BCUT2D eigenvalue weighted by Gasteiger charge is -2.27. The summed E-state index contributed by atoms with van der Waals surface area (Å²) in [5, 5.41) is 27.3. The van der Waals surface area contributed by atoms with Crippen LogP contribution in [-0.4, -0.2) is 76.1 Å². The van der Waals surface area contributed by atoms with Gasteiger partial charge in [0.25, 0.3) is 0 Å². The van der Waals surface area contributed by atoms with Crippen LogP contribution in [0.1, 0.15) is 38.2 Å². The summed E-state index contributed by atoms with van der Waals surface area (Å²) in [6.45, 7) is 2.57. The van der Waals surface area contributed by atoms with Crippen LogP contribution in [0.4, 0.5) is 0 Å². The van der Waals surface area contributed by atoms with Crippen molar-refractivity contribution in [2.45, 2.75) is 63.2 Å². The second-order valence-corrected chi connectivity index (χ2v) is 8.34. The highest BCUT2D eigenvalue weighted by Crippen LogP contribution is 2.19. The lowest BCUT2D eigenvalue weighted by Crippen LogP contribution is -2.56. The Morgan fingerprint density at radius 3 is 2.47 bits per heavy atom. The first-order valence-corrected chi connectivity index (χ1v) is 10.9. The second kappa shape index (κ2) is 10.4. The number of amides is 3. The van der Waals surface area contributed by atoms with Crippen LogP contribution in [-0.2, 0) is 25.6 Å². The van der Waals surface area contributed by atoms with Crippen molar-refractivity contribution in [1.82, 2.24) is 20.9 Å². The molecule has 2 heterocycles. The number of aromatic hydroxyl groups is 1. The number of phenols is 1. The van der Waals surface area contributed by atoms with Gasteiger partial charge in [-0.15, -0.1) is 0 Å². The largest absolute Gasteiger partial charge is 0.508 e. The van der Waals surface area contributed by atoms with E-state index in [2.05, 4.69) is 16.0 Å². The third-order valence-electron chi connectivity index (χ3n) is 5.94. The highest BCUT2D eigenvalue weighted by molar-refractivity contribution is 5.94. The van der Waals surface area contributed by atoms with Gasteiger partial charge in [0.05, 0.1) is 6.04 Å². The van der Waals surface area contributed by atoms with Crippen molar-refractivity contribution in [1.29, 1.82) is 0 Å². The summed E-state index contributed by atoms with van der Waals surface area (Å²) in [7, 11) is 0. The Balaban J connectivity index is 1.68. The lowest BCUT2D eigenvalue weighted by molar-refractivity contribution is -0.149. The molecule has 5 N–H and O–H groups in total. The van der Waals surface area contributed by atoms with Gasteiger partial charge in [-0.25, -0.2) is 4.79 Å². The van der Waals surface area contributed by atoms with Crippen LogP contribution in [0.5, 0.6) is 5.75 Å². The van der Waals surface area contributed by atoms with Gasteiger partial charge in [0.2, 0.25) is 17.7 Å². The van der Waals surface area contributed by atoms with Gasteiger partial charge in [0.1, 0.15) is 23.9 Å². The van der Waals surface area contributed by atoms with Gasteiger partial charge < -0.3 is 31.1 Å². The molecule has 3 amide bonds. The van der Waals surface area contributed by atoms with Crippen molar-refractivity contribution in [3.63, 3.8) is 0 Å². The Kier molecular flexibility index (Phi) is 7.68. The maximum Gasteiger partial charge on any atom is 0.326 e. The third kappa shape index (κ3) is 5.76. The fraction of sp³-hybridized carbons (Fsp3) is 0.545. The summed E-state index contributed by atoms with van der Waals surface area (Å²) in [5.74, 6) is -2.25. The van der Waals surface area contributed by atoms with Crippen LogP contribution in [0.3, 0.4) is 0 Å². The molecule has 10 nitrogen and oxygen atoms in total. The van der Waals surface area contributed by atoms with Gasteiger partial charge in [-0.3, -0.25) is 14.4 Å². The molecule has 4 atom stereocenters. The summed E-state index contributed by atoms with van der Waals surface area (Å²) >= 11 is 0. The van der Waals surface area contributed by atoms with Crippen molar-refractivity contribution in [2.24, 2.45) is 0 Å². The molecule has 0 saturated carbocycles. The molecule has 10 heteroatoms. The van der Waals surface area contributed by atoms with Crippen LogP contribution < -0.4 is 16.0 Å². The van der Waals surface area contributed by atoms with Gasteiger partial charge in [-0.1, -0.05) is 12.1 Å². The highest BCUT2D eigenvalue weighted by atomic mass is 16.4. The van der Waals surface area contributed by atoms with E-state index in [-0.39, 0.29) is 24.1 Å². The molecule has 0 aliphatic carbocycles. The predicted octanol–water partition coefficient (Wildman–Crippen LogP) is -0.248. The monoisotopic (exact) mass is 446 g/mol. The van der Waals surface area contributed by atoms with Crippen LogP contribution in [0.15, 0.2) is 24.3 Å². The van der Waals surface area contributed by atoms with Gasteiger partial charge in [-0.2, -0.15) is 0 Å². The topological polar surface area (TPSA) is 148 Å². The van der Waals surface area contributed by atoms with E-state index in [1.54, 1.807) is 12.1 Å². The molecule has 32 heavy (non-hydrogen) atoms. The number of likely N-dealkylation sites (tertiary alicyclic amines) is 1. The number of carbonyl (C=O) groups excluding carboxylic acids is 3. The molecule has 1 aromatic carbocycles. The van der Waals surface area contributed by atoms with Gasteiger partial charge >= 0.3 is 5.97 Å². The zero-order chi connectivity index (χ0) is 23.3. The molecule has 2 fully saturated rings. The molecule has 0 aromatic heterocycles. The van der Waals surface area contributed by atoms with Crippen molar-refractivity contribution in [3.05, 3.63) is 29.8 Å². The van der Waals surface area contributed by atoms with Crippen LogP contribution in [0.25, 0.3) is 0 Å². The first-order chi connectivity index (χ1) is 15.3. The molecule has 2 aliphatic rings. The summed E-state index contributed by atoms with van der Waals surface area (Å²) in [6, 6.07) is 3.18. The predicted molar refractivity (Wildman–Crippen MR) is 115 cm³/mol. The molecule has 0 radical (unpaired) electrons. The fourth-order valence-corrected chi connectivity index (χ4v) is 4.17. The maximum atomic E-state index is 13.0. The van der Waals surface area contributed by atoms with Crippen LogP contribution >= 0.6 is 0 Å². The van der Waals surface area contributed by atoms with Gasteiger partial charge in [0, 0.05) is 13.0 Å². The van der Waals surface area contributed by atoms with E-state index in [1.807, 2.05) is 0 Å². The summed E-state index contributed by atoms with van der Waals surface area (Å²) < 4.78 is 0. The standard InChI is InChI=1S/C22H30N4O6/c1-13(21(30)26-11-3-5-18(26)22(31)32)24-20(29)17(12-14-6-8-15(27)9-7-14)25-19(28)16-4-2-10-23-16/h6-9,13,16-18,23,27H,2-5,10-12H2,1H3,(H,24,29)(H,25,28)(H,31,32). The van der Waals surface area contributed by atoms with E-state index in [1.165, 1.54) is 24.0 Å². The Morgan fingerprint density at radius 2 is 1.84 bits per heavy atom. The van der Waals surface area contributed by atoms with E-state index in [0.29, 0.717) is 25.8 Å². The number of hydrogen-bond acceptors (Lipinski definition) is 6. The summed E-state index contributed by atoms with van der Waals surface area (Å²) in [5.41, 5.74) is 0.729. The first-order valence-electron chi connectivity index (χ1n) is 10.9. The SMILES string of the molecule is CC(NC(=O)C(Cc1ccc(O)cc1)NC(=O)C1CCCN1)C(=O)N1CCCC1C(=O)O. The van der Waals surface area contributed by atoms with E-state index in [0.717, 1.165) is 18.5 Å². The minimum Gasteiger partial charge on any atom is -0.508 e. The molecule has 1 aromatic rings. The van der Waals surface area contributed by atoms with Crippen molar-refractivity contribution >= 4 is 23.7 Å². The molecule has 0 bridgehead atoms. The van der Waals surface area contributed by atoms with Gasteiger partial charge in [-0.05, 0) is 56.8 Å². The number of nitrogens with zero attached hydrogens (tertiary/aromatic N) is 1. The zero-order valence-corrected chi connectivity index (χ0v) is 18.0. The summed E-state index contributed by atoms with van der Waals surface area (Å²) in [6.07, 6.45) is 2.71. The van der Waals surface area contributed by atoms with E-state index in [9.17, 15) is 29.4 Å².